The highest BCUT2D eigenvalue weighted by Crippen LogP contribution is 2.17. The lowest BCUT2D eigenvalue weighted by molar-refractivity contribution is -0.849. The molecule has 0 aliphatic heterocycles. The fourth-order valence-corrected chi connectivity index (χ4v) is 5.68. The quantitative estimate of drug-likeness (QED) is 0.514. The third-order valence-corrected chi connectivity index (χ3v) is 7.57. The summed E-state index contributed by atoms with van der Waals surface area (Å²) in [5.41, 5.74) is 5.20. The molecule has 1 atom stereocenters. The SMILES string of the molecule is CCO[Si](C)(CSCC(C)C(N)=O)OCC.C[N+](C)(C)C. The van der Waals surface area contributed by atoms with Gasteiger partial charge in [0.05, 0.1) is 28.2 Å². The van der Waals surface area contributed by atoms with Crippen molar-refractivity contribution in [1.29, 1.82) is 0 Å². The summed E-state index contributed by atoms with van der Waals surface area (Å²) >= 11 is 1.69. The minimum Gasteiger partial charge on any atom is -0.394 e. The number of thioether (sulfide) groups is 1. The number of carbonyl (C=O) groups is 1. The molecule has 0 saturated carbocycles. The molecule has 0 fully saturated rings. The van der Waals surface area contributed by atoms with Crippen LogP contribution < -0.4 is 5.73 Å². The number of rotatable bonds is 9. The molecule has 0 aliphatic rings. The molecule has 0 heterocycles. The Morgan fingerprint density at radius 2 is 1.57 bits per heavy atom. The first-order valence-corrected chi connectivity index (χ1v) is 11.1. The molecule has 0 spiro atoms. The number of quaternary nitrogens is 1. The number of nitrogens with zero attached hydrogens (tertiary/aromatic N) is 1. The second-order valence-corrected chi connectivity index (χ2v) is 11.2. The van der Waals surface area contributed by atoms with Crippen LogP contribution in [0.2, 0.25) is 6.55 Å². The molecule has 2 N–H and O–H groups in total. The van der Waals surface area contributed by atoms with Crippen LogP contribution in [-0.4, -0.2) is 71.5 Å². The topological polar surface area (TPSA) is 61.5 Å². The lowest BCUT2D eigenvalue weighted by Crippen LogP contribution is -2.42. The Bertz CT molecular complexity index is 274. The molecule has 0 aromatic carbocycles. The van der Waals surface area contributed by atoms with E-state index in [1.54, 1.807) is 11.8 Å². The van der Waals surface area contributed by atoms with Gasteiger partial charge in [0.25, 0.3) is 0 Å². The molecule has 5 nitrogen and oxygen atoms in total. The first kappa shape index (κ1) is 23.2. The highest BCUT2D eigenvalue weighted by atomic mass is 32.2. The molecule has 0 aliphatic carbocycles. The Morgan fingerprint density at radius 1 is 1.19 bits per heavy atom. The van der Waals surface area contributed by atoms with Crippen molar-refractivity contribution in [3.63, 3.8) is 0 Å². The van der Waals surface area contributed by atoms with E-state index in [0.29, 0.717) is 13.2 Å². The van der Waals surface area contributed by atoms with Gasteiger partial charge in [-0.2, -0.15) is 11.8 Å². The Morgan fingerprint density at radius 3 is 1.86 bits per heavy atom. The maximum absolute atomic E-state index is 10.9. The monoisotopic (exact) mass is 339 g/mol. The predicted octanol–water partition coefficient (Wildman–Crippen LogP) is 1.85. The normalized spacial score (nSPS) is 13.3. The van der Waals surface area contributed by atoms with E-state index in [2.05, 4.69) is 34.7 Å². The van der Waals surface area contributed by atoms with Gasteiger partial charge in [-0.1, -0.05) is 6.92 Å². The maximum atomic E-state index is 10.9. The largest absolute Gasteiger partial charge is 0.394 e. The second-order valence-electron chi connectivity index (χ2n) is 6.50. The van der Waals surface area contributed by atoms with E-state index in [9.17, 15) is 4.79 Å². The highest BCUT2D eigenvalue weighted by Gasteiger charge is 2.30. The van der Waals surface area contributed by atoms with Gasteiger partial charge in [-0.3, -0.25) is 4.79 Å². The summed E-state index contributed by atoms with van der Waals surface area (Å²) in [4.78, 5) is 10.9. The molecule has 1 amide bonds. The van der Waals surface area contributed by atoms with Crippen molar-refractivity contribution in [3.8, 4) is 0 Å². The average molecular weight is 340 g/mol. The molecule has 0 rings (SSSR count). The van der Waals surface area contributed by atoms with Crippen molar-refractivity contribution in [3.05, 3.63) is 0 Å². The molecule has 0 bridgehead atoms. The molecule has 1 unspecified atom stereocenters. The number of carbonyl (C=O) groups excluding carboxylic acids is 1. The van der Waals surface area contributed by atoms with Crippen LogP contribution in [-0.2, 0) is 13.6 Å². The Balaban J connectivity index is 0. The molecule has 0 aromatic heterocycles. The Kier molecular flexibility index (Phi) is 12.7. The van der Waals surface area contributed by atoms with E-state index in [0.717, 1.165) is 15.6 Å². The zero-order valence-corrected chi connectivity index (χ0v) is 16.9. The molecule has 7 heteroatoms. The van der Waals surface area contributed by atoms with Gasteiger partial charge in [0.1, 0.15) is 0 Å². The van der Waals surface area contributed by atoms with Crippen LogP contribution in [0.25, 0.3) is 0 Å². The van der Waals surface area contributed by atoms with E-state index in [1.165, 1.54) is 0 Å². The number of amides is 1. The molecule has 21 heavy (non-hydrogen) atoms. The third kappa shape index (κ3) is 17.9. The number of hydrogen-bond donors (Lipinski definition) is 1. The lowest BCUT2D eigenvalue weighted by Gasteiger charge is -2.25. The molecule has 0 saturated heterocycles. The van der Waals surface area contributed by atoms with E-state index >= 15 is 0 Å². The van der Waals surface area contributed by atoms with E-state index in [4.69, 9.17) is 14.6 Å². The standard InChI is InChI=1S/C10H23NO3SSi.C4H12N/c1-5-13-16(4,14-6-2)8-15-7-9(3)10(11)12;1-5(2,3)4/h9H,5-8H2,1-4H3,(H2,11,12);1-4H3/q;+1. The first-order valence-electron chi connectivity index (χ1n) is 7.39. The van der Waals surface area contributed by atoms with Gasteiger partial charge in [0.15, 0.2) is 0 Å². The van der Waals surface area contributed by atoms with Crippen molar-refractivity contribution in [2.45, 2.75) is 27.3 Å². The third-order valence-electron chi connectivity index (χ3n) is 2.12. The van der Waals surface area contributed by atoms with Gasteiger partial charge in [0, 0.05) is 30.3 Å². The first-order chi connectivity index (χ1) is 9.45. The summed E-state index contributed by atoms with van der Waals surface area (Å²) in [6.07, 6.45) is 0. The zero-order valence-electron chi connectivity index (χ0n) is 15.1. The second kappa shape index (κ2) is 11.5. The molecule has 128 valence electrons. The van der Waals surface area contributed by atoms with Crippen LogP contribution in [0.1, 0.15) is 20.8 Å². The summed E-state index contributed by atoms with van der Waals surface area (Å²) in [6, 6.07) is 0. The van der Waals surface area contributed by atoms with E-state index < -0.39 is 8.56 Å². The fraction of sp³-hybridized carbons (Fsp3) is 0.929. The summed E-state index contributed by atoms with van der Waals surface area (Å²) in [7, 11) is 6.46. The zero-order chi connectivity index (χ0) is 17.1. The number of primary amides is 1. The fourth-order valence-electron chi connectivity index (χ4n) is 1.24. The summed E-state index contributed by atoms with van der Waals surface area (Å²) in [5, 5.41) is 0.840. The Labute approximate surface area is 136 Å². The van der Waals surface area contributed by atoms with Crippen LogP contribution in [0.4, 0.5) is 0 Å². The summed E-state index contributed by atoms with van der Waals surface area (Å²) in [6.45, 7) is 9.20. The highest BCUT2D eigenvalue weighted by molar-refractivity contribution is 8.00. The van der Waals surface area contributed by atoms with Gasteiger partial charge in [-0.05, 0) is 20.4 Å². The van der Waals surface area contributed by atoms with Crippen LogP contribution in [0, 0.1) is 5.92 Å². The molecule has 0 aromatic rings. The summed E-state index contributed by atoms with van der Waals surface area (Å²) < 4.78 is 12.4. The predicted molar refractivity (Wildman–Crippen MR) is 94.5 cm³/mol. The number of hydrogen-bond acceptors (Lipinski definition) is 4. The van der Waals surface area contributed by atoms with Crippen molar-refractivity contribution < 1.29 is 18.1 Å². The van der Waals surface area contributed by atoms with Crippen molar-refractivity contribution in [2.24, 2.45) is 11.7 Å². The van der Waals surface area contributed by atoms with Gasteiger partial charge < -0.3 is 19.1 Å². The van der Waals surface area contributed by atoms with Crippen LogP contribution in [0.15, 0.2) is 0 Å². The van der Waals surface area contributed by atoms with E-state index in [1.807, 2.05) is 20.8 Å². The van der Waals surface area contributed by atoms with Gasteiger partial charge in [-0.25, -0.2) is 0 Å². The summed E-state index contributed by atoms with van der Waals surface area (Å²) in [5.74, 6) is 0.396. The molecule has 0 radical (unpaired) electrons. The number of nitrogens with two attached hydrogens (primary N) is 1. The van der Waals surface area contributed by atoms with Crippen molar-refractivity contribution >= 4 is 26.2 Å². The van der Waals surface area contributed by atoms with E-state index in [-0.39, 0.29) is 11.8 Å². The Hall–Kier alpha value is -0.0831. The van der Waals surface area contributed by atoms with Gasteiger partial charge in [-0.15, -0.1) is 0 Å². The van der Waals surface area contributed by atoms with Crippen LogP contribution >= 0.6 is 11.8 Å². The smallest absolute Gasteiger partial charge is 0.345 e. The molecular formula is C14H35N2O3SSi+. The lowest BCUT2D eigenvalue weighted by atomic mass is 10.2. The van der Waals surface area contributed by atoms with Crippen LogP contribution in [0.5, 0.6) is 0 Å². The van der Waals surface area contributed by atoms with Gasteiger partial charge >= 0.3 is 8.56 Å². The minimum atomic E-state index is -2.04. The maximum Gasteiger partial charge on any atom is 0.345 e. The average Bonchev–Trinajstić information content (AvgIpc) is 2.26. The van der Waals surface area contributed by atoms with Crippen molar-refractivity contribution in [2.75, 3.05) is 52.5 Å². The van der Waals surface area contributed by atoms with Crippen molar-refractivity contribution in [1.82, 2.24) is 0 Å². The molecular weight excluding hydrogens is 304 g/mol. The minimum absolute atomic E-state index is 0.0912. The van der Waals surface area contributed by atoms with Gasteiger partial charge in [0.2, 0.25) is 5.91 Å². The van der Waals surface area contributed by atoms with Crippen LogP contribution in [0.3, 0.4) is 0 Å².